The maximum absolute atomic E-state index is 5.67. The lowest BCUT2D eigenvalue weighted by atomic mass is 10.2. The summed E-state index contributed by atoms with van der Waals surface area (Å²) in [4.78, 5) is 8.93. The van der Waals surface area contributed by atoms with Crippen molar-refractivity contribution in [3.63, 3.8) is 0 Å². The molecule has 1 aromatic carbocycles. The molecule has 0 radical (unpaired) electrons. The number of benzene rings is 1. The number of nitrogens with zero attached hydrogens (tertiary/aromatic N) is 2. The molecule has 2 N–H and O–H groups in total. The minimum absolute atomic E-state index is 0. The van der Waals surface area contributed by atoms with Crippen molar-refractivity contribution in [1.29, 1.82) is 0 Å². The Hall–Kier alpha value is -2.07. The summed E-state index contributed by atoms with van der Waals surface area (Å²) in [5.74, 6) is 2.15. The van der Waals surface area contributed by atoms with Crippen molar-refractivity contribution in [3.05, 3.63) is 53.7 Å². The van der Waals surface area contributed by atoms with Crippen LogP contribution in [0.3, 0.4) is 0 Å². The first-order valence-electron chi connectivity index (χ1n) is 8.98. The largest absolute Gasteiger partial charge is 0.496 e. The topological polar surface area (TPSA) is 77.0 Å². The smallest absolute Gasteiger partial charge is 0.218 e. The van der Waals surface area contributed by atoms with Crippen LogP contribution in [0.4, 0.5) is 0 Å². The molecule has 0 aliphatic carbocycles. The van der Waals surface area contributed by atoms with E-state index in [1.54, 1.807) is 20.4 Å². The minimum Gasteiger partial charge on any atom is -0.496 e. The summed E-state index contributed by atoms with van der Waals surface area (Å²) >= 11 is 0. The second-order valence-electron chi connectivity index (χ2n) is 5.67. The highest BCUT2D eigenvalue weighted by Gasteiger charge is 2.06. The van der Waals surface area contributed by atoms with Gasteiger partial charge in [0.05, 0.1) is 20.3 Å². The first-order chi connectivity index (χ1) is 13.3. The van der Waals surface area contributed by atoms with Gasteiger partial charge in [0.15, 0.2) is 5.96 Å². The van der Waals surface area contributed by atoms with Gasteiger partial charge in [-0.3, -0.25) is 0 Å². The van der Waals surface area contributed by atoms with E-state index in [1.165, 1.54) is 0 Å². The van der Waals surface area contributed by atoms with Crippen LogP contribution in [-0.4, -0.2) is 44.9 Å². The highest BCUT2D eigenvalue weighted by Crippen LogP contribution is 2.17. The number of aliphatic imine (C=N–C) groups is 1. The van der Waals surface area contributed by atoms with Crippen molar-refractivity contribution in [1.82, 2.24) is 15.6 Å². The Balaban J connectivity index is 0.00000392. The average molecular weight is 500 g/mol. The number of pyridine rings is 1. The zero-order valence-electron chi connectivity index (χ0n) is 16.6. The van der Waals surface area contributed by atoms with Crippen LogP contribution in [0.2, 0.25) is 0 Å². The molecular formula is C20H29IN4O3. The quantitative estimate of drug-likeness (QED) is 0.226. The van der Waals surface area contributed by atoms with E-state index in [4.69, 9.17) is 14.2 Å². The SMILES string of the molecule is CCNC(=NCc1cccnc1OCCOC)NCc1ccccc1OC.I. The van der Waals surface area contributed by atoms with E-state index in [9.17, 15) is 0 Å². The first kappa shape index (κ1) is 24.0. The predicted molar refractivity (Wildman–Crippen MR) is 122 cm³/mol. The molecule has 154 valence electrons. The van der Waals surface area contributed by atoms with Crippen LogP contribution in [0.25, 0.3) is 0 Å². The zero-order chi connectivity index (χ0) is 19.3. The van der Waals surface area contributed by atoms with Crippen molar-refractivity contribution in [3.8, 4) is 11.6 Å². The molecule has 0 atom stereocenters. The van der Waals surface area contributed by atoms with Crippen LogP contribution < -0.4 is 20.1 Å². The Kier molecular flexibility index (Phi) is 12.0. The fourth-order valence-corrected chi connectivity index (χ4v) is 2.43. The summed E-state index contributed by atoms with van der Waals surface area (Å²) in [7, 11) is 3.31. The summed E-state index contributed by atoms with van der Waals surface area (Å²) < 4.78 is 16.1. The molecule has 28 heavy (non-hydrogen) atoms. The molecule has 1 aromatic heterocycles. The number of halogens is 1. The van der Waals surface area contributed by atoms with Gasteiger partial charge < -0.3 is 24.8 Å². The van der Waals surface area contributed by atoms with Gasteiger partial charge >= 0.3 is 0 Å². The molecule has 0 fully saturated rings. The van der Waals surface area contributed by atoms with Crippen molar-refractivity contribution in [2.24, 2.45) is 4.99 Å². The highest BCUT2D eigenvalue weighted by molar-refractivity contribution is 14.0. The van der Waals surface area contributed by atoms with Crippen molar-refractivity contribution >= 4 is 29.9 Å². The Morgan fingerprint density at radius 2 is 1.82 bits per heavy atom. The van der Waals surface area contributed by atoms with Gasteiger partial charge in [0.25, 0.3) is 0 Å². The third-order valence-corrected chi connectivity index (χ3v) is 3.77. The summed E-state index contributed by atoms with van der Waals surface area (Å²) in [6, 6.07) is 11.8. The molecule has 7 nitrogen and oxygen atoms in total. The Morgan fingerprint density at radius 3 is 2.57 bits per heavy atom. The normalized spacial score (nSPS) is 10.8. The number of aromatic nitrogens is 1. The van der Waals surface area contributed by atoms with E-state index in [0.717, 1.165) is 29.4 Å². The number of methoxy groups -OCH3 is 2. The van der Waals surface area contributed by atoms with E-state index >= 15 is 0 Å². The fraction of sp³-hybridized carbons (Fsp3) is 0.400. The van der Waals surface area contributed by atoms with E-state index in [2.05, 4.69) is 20.6 Å². The predicted octanol–water partition coefficient (Wildman–Crippen LogP) is 2.99. The second-order valence-corrected chi connectivity index (χ2v) is 5.67. The van der Waals surface area contributed by atoms with E-state index in [-0.39, 0.29) is 24.0 Å². The Labute approximate surface area is 183 Å². The summed E-state index contributed by atoms with van der Waals surface area (Å²) in [6.45, 7) is 4.84. The average Bonchev–Trinajstić information content (AvgIpc) is 2.71. The number of hydrogen-bond acceptors (Lipinski definition) is 5. The van der Waals surface area contributed by atoms with Gasteiger partial charge in [-0.2, -0.15) is 0 Å². The van der Waals surface area contributed by atoms with Gasteiger partial charge in [0, 0.05) is 37.5 Å². The van der Waals surface area contributed by atoms with Gasteiger partial charge in [-0.15, -0.1) is 24.0 Å². The molecule has 0 spiro atoms. The van der Waals surface area contributed by atoms with Gasteiger partial charge in [-0.25, -0.2) is 9.98 Å². The molecule has 0 unspecified atom stereocenters. The number of ether oxygens (including phenoxy) is 3. The molecule has 2 rings (SSSR count). The van der Waals surface area contributed by atoms with E-state index in [1.807, 2.05) is 43.3 Å². The molecule has 0 aliphatic heterocycles. The van der Waals surface area contributed by atoms with Gasteiger partial charge in [-0.1, -0.05) is 24.3 Å². The maximum atomic E-state index is 5.67. The zero-order valence-corrected chi connectivity index (χ0v) is 18.9. The van der Waals surface area contributed by atoms with Crippen molar-refractivity contribution < 1.29 is 14.2 Å². The minimum atomic E-state index is 0. The van der Waals surface area contributed by atoms with E-state index < -0.39 is 0 Å². The van der Waals surface area contributed by atoms with Crippen LogP contribution >= 0.6 is 24.0 Å². The summed E-state index contributed by atoms with van der Waals surface area (Å²) in [5, 5.41) is 6.58. The van der Waals surface area contributed by atoms with Crippen LogP contribution in [0.1, 0.15) is 18.1 Å². The number of rotatable bonds is 10. The van der Waals surface area contributed by atoms with Crippen LogP contribution in [-0.2, 0) is 17.8 Å². The van der Waals surface area contributed by atoms with Gasteiger partial charge in [0.1, 0.15) is 12.4 Å². The standard InChI is InChI=1S/C20H28N4O3.HI/c1-4-21-20(23-14-16-8-5-6-10-18(16)26-3)24-15-17-9-7-11-22-19(17)27-13-12-25-2;/h5-11H,4,12-15H2,1-3H3,(H2,21,23,24);1H. The Bertz CT molecular complexity index is 728. The lowest BCUT2D eigenvalue weighted by Gasteiger charge is -2.14. The fourth-order valence-electron chi connectivity index (χ4n) is 2.43. The van der Waals surface area contributed by atoms with Crippen molar-refractivity contribution in [2.75, 3.05) is 34.0 Å². The number of guanidine groups is 1. The van der Waals surface area contributed by atoms with Crippen LogP contribution in [0.5, 0.6) is 11.6 Å². The maximum Gasteiger partial charge on any atom is 0.218 e. The van der Waals surface area contributed by atoms with Gasteiger partial charge in [-0.05, 0) is 19.1 Å². The lowest BCUT2D eigenvalue weighted by molar-refractivity contribution is 0.143. The second kappa shape index (κ2) is 14.0. The molecule has 0 amide bonds. The molecule has 0 saturated heterocycles. The third-order valence-electron chi connectivity index (χ3n) is 3.77. The number of hydrogen-bond donors (Lipinski definition) is 2. The summed E-state index contributed by atoms with van der Waals surface area (Å²) in [6.07, 6.45) is 1.71. The molecular weight excluding hydrogens is 471 g/mol. The molecule has 0 aliphatic rings. The van der Waals surface area contributed by atoms with Gasteiger partial charge in [0.2, 0.25) is 5.88 Å². The number of nitrogens with one attached hydrogen (secondary N) is 2. The van der Waals surface area contributed by atoms with Crippen LogP contribution in [0, 0.1) is 0 Å². The monoisotopic (exact) mass is 500 g/mol. The molecule has 0 saturated carbocycles. The third kappa shape index (κ3) is 7.89. The molecule has 2 aromatic rings. The van der Waals surface area contributed by atoms with Crippen LogP contribution in [0.15, 0.2) is 47.6 Å². The summed E-state index contributed by atoms with van der Waals surface area (Å²) in [5.41, 5.74) is 1.98. The Morgan fingerprint density at radius 1 is 1.04 bits per heavy atom. The first-order valence-corrected chi connectivity index (χ1v) is 8.98. The lowest BCUT2D eigenvalue weighted by Crippen LogP contribution is -2.36. The number of para-hydroxylation sites is 1. The van der Waals surface area contributed by atoms with E-state index in [0.29, 0.717) is 32.2 Å². The molecule has 0 bridgehead atoms. The molecule has 8 heteroatoms. The highest BCUT2D eigenvalue weighted by atomic mass is 127. The van der Waals surface area contributed by atoms with Crippen molar-refractivity contribution in [2.45, 2.75) is 20.0 Å². The molecule has 1 heterocycles.